The molecule has 46 heavy (non-hydrogen) atoms. The summed E-state index contributed by atoms with van der Waals surface area (Å²) in [4.78, 5) is 48.4. The number of hydrogen-bond donors (Lipinski definition) is 0. The molecule has 0 spiro atoms. The van der Waals surface area contributed by atoms with E-state index in [1.54, 1.807) is 6.07 Å². The number of benzene rings is 2. The van der Waals surface area contributed by atoms with Crippen LogP contribution in [0.1, 0.15) is 53.4 Å². The second kappa shape index (κ2) is 15.7. The molecular formula is C32H44N4O10. The standard InChI is InChI=1S/C16H20N2O6.C16H24N2O4/c1-16(2)9-14(19)17(15(20)10-16)6-7-24-13-8-11(18(21)22)4-5-12(13)23-3;1-16(2)6-8-17(9-7-16)10-11-22-15-12-13(18(19)20)4-5-14(15)21-3/h4-5,8H,6-7,9-10H2,1-3H3;4-5,12H,6-11H2,1-3H3. The van der Waals surface area contributed by atoms with E-state index in [0.29, 0.717) is 42.1 Å². The third kappa shape index (κ3) is 10.3. The zero-order valence-corrected chi connectivity index (χ0v) is 27.4. The number of likely N-dealkylation sites (tertiary alicyclic amines) is 2. The van der Waals surface area contributed by atoms with E-state index >= 15 is 0 Å². The molecule has 14 nitrogen and oxygen atoms in total. The Balaban J connectivity index is 0.000000251. The molecule has 0 saturated carbocycles. The van der Waals surface area contributed by atoms with Gasteiger partial charge >= 0.3 is 0 Å². The number of hydrogen-bond acceptors (Lipinski definition) is 11. The van der Waals surface area contributed by atoms with Crippen LogP contribution >= 0.6 is 0 Å². The predicted octanol–water partition coefficient (Wildman–Crippen LogP) is 5.26. The number of rotatable bonds is 12. The van der Waals surface area contributed by atoms with Crippen molar-refractivity contribution in [3.63, 3.8) is 0 Å². The molecule has 0 N–H and O–H groups in total. The maximum Gasteiger partial charge on any atom is 0.273 e. The fourth-order valence-electron chi connectivity index (χ4n) is 5.16. The summed E-state index contributed by atoms with van der Waals surface area (Å²) in [6, 6.07) is 8.40. The predicted molar refractivity (Wildman–Crippen MR) is 169 cm³/mol. The molecule has 0 aromatic heterocycles. The van der Waals surface area contributed by atoms with Gasteiger partial charge in [0.05, 0.1) is 42.7 Å². The molecule has 2 aromatic rings. The number of ether oxygens (including phenoxy) is 4. The average molecular weight is 645 g/mol. The van der Waals surface area contributed by atoms with Gasteiger partial charge in [-0.25, -0.2) is 0 Å². The van der Waals surface area contributed by atoms with Gasteiger partial charge in [-0.05, 0) is 48.9 Å². The highest BCUT2D eigenvalue weighted by Gasteiger charge is 2.37. The van der Waals surface area contributed by atoms with Crippen molar-refractivity contribution in [3.05, 3.63) is 56.6 Å². The number of nitrogens with zero attached hydrogens (tertiary/aromatic N) is 4. The van der Waals surface area contributed by atoms with Crippen LogP contribution in [0.15, 0.2) is 36.4 Å². The SMILES string of the molecule is COc1ccc([N+](=O)[O-])cc1OCCN1C(=O)CC(C)(C)CC1=O.COc1ccc([N+](=O)[O-])cc1OCCN1CCC(C)(C)CC1. The van der Waals surface area contributed by atoms with E-state index in [9.17, 15) is 29.8 Å². The lowest BCUT2D eigenvalue weighted by Gasteiger charge is -2.36. The minimum Gasteiger partial charge on any atom is -0.493 e. The van der Waals surface area contributed by atoms with Crippen LogP contribution in [0.3, 0.4) is 0 Å². The zero-order chi connectivity index (χ0) is 34.1. The maximum atomic E-state index is 12.1. The Kier molecular flexibility index (Phi) is 12.3. The first-order valence-electron chi connectivity index (χ1n) is 15.1. The summed E-state index contributed by atoms with van der Waals surface area (Å²) in [6.07, 6.45) is 2.98. The first-order chi connectivity index (χ1) is 21.6. The highest BCUT2D eigenvalue weighted by atomic mass is 16.6. The van der Waals surface area contributed by atoms with Crippen molar-refractivity contribution in [2.45, 2.75) is 53.4 Å². The number of piperidine rings is 2. The fourth-order valence-corrected chi connectivity index (χ4v) is 5.16. The van der Waals surface area contributed by atoms with Gasteiger partial charge in [-0.3, -0.25) is 39.6 Å². The highest BCUT2D eigenvalue weighted by Crippen LogP contribution is 2.34. The molecule has 0 bridgehead atoms. The number of amides is 2. The number of non-ortho nitro benzene ring substituents is 2. The third-order valence-electron chi connectivity index (χ3n) is 8.02. The summed E-state index contributed by atoms with van der Waals surface area (Å²) in [5.74, 6) is 1.03. The van der Waals surface area contributed by atoms with E-state index in [4.69, 9.17) is 18.9 Å². The van der Waals surface area contributed by atoms with Crippen molar-refractivity contribution in [2.24, 2.45) is 10.8 Å². The number of nitro groups is 2. The van der Waals surface area contributed by atoms with E-state index in [0.717, 1.165) is 19.6 Å². The van der Waals surface area contributed by atoms with Gasteiger partial charge in [-0.1, -0.05) is 27.7 Å². The molecule has 2 aliphatic rings. The Morgan fingerprint density at radius 3 is 1.54 bits per heavy atom. The van der Waals surface area contributed by atoms with E-state index in [1.165, 1.54) is 62.3 Å². The van der Waals surface area contributed by atoms with E-state index < -0.39 is 9.85 Å². The van der Waals surface area contributed by atoms with Crippen molar-refractivity contribution in [1.82, 2.24) is 9.80 Å². The smallest absolute Gasteiger partial charge is 0.273 e. The lowest BCUT2D eigenvalue weighted by Crippen LogP contribution is -2.47. The second-order valence-electron chi connectivity index (χ2n) is 12.8. The summed E-state index contributed by atoms with van der Waals surface area (Å²) in [5, 5.41) is 21.7. The van der Waals surface area contributed by atoms with Crippen molar-refractivity contribution < 1.29 is 38.4 Å². The molecule has 0 atom stereocenters. The molecule has 2 heterocycles. The van der Waals surface area contributed by atoms with Crippen LogP contribution in [0.25, 0.3) is 0 Å². The highest BCUT2D eigenvalue weighted by molar-refractivity contribution is 5.98. The largest absolute Gasteiger partial charge is 0.493 e. The molecule has 252 valence electrons. The lowest BCUT2D eigenvalue weighted by molar-refractivity contribution is -0.385. The van der Waals surface area contributed by atoms with Crippen LogP contribution in [-0.4, -0.2) is 85.1 Å². The summed E-state index contributed by atoms with van der Waals surface area (Å²) in [7, 11) is 2.95. The van der Waals surface area contributed by atoms with Crippen LogP contribution in [-0.2, 0) is 9.59 Å². The maximum absolute atomic E-state index is 12.1. The number of nitro benzene ring substituents is 2. The molecule has 4 rings (SSSR count). The Bertz CT molecular complexity index is 1380. The minimum atomic E-state index is -0.536. The zero-order valence-electron chi connectivity index (χ0n) is 27.4. The first-order valence-corrected chi connectivity index (χ1v) is 15.1. The van der Waals surface area contributed by atoms with Gasteiger partial charge < -0.3 is 18.9 Å². The summed E-state index contributed by atoms with van der Waals surface area (Å²) >= 11 is 0. The van der Waals surface area contributed by atoms with Crippen LogP contribution in [0, 0.1) is 31.1 Å². The first kappa shape index (κ1) is 36.0. The van der Waals surface area contributed by atoms with Crippen LogP contribution in [0.5, 0.6) is 23.0 Å². The van der Waals surface area contributed by atoms with E-state index in [-0.39, 0.29) is 47.5 Å². The fraction of sp³-hybridized carbons (Fsp3) is 0.562. The van der Waals surface area contributed by atoms with E-state index in [2.05, 4.69) is 18.7 Å². The Hall–Kier alpha value is -4.46. The van der Waals surface area contributed by atoms with Gasteiger partial charge in [0.15, 0.2) is 23.0 Å². The summed E-state index contributed by atoms with van der Waals surface area (Å²) < 4.78 is 21.5. The molecule has 2 saturated heterocycles. The summed E-state index contributed by atoms with van der Waals surface area (Å²) in [6.45, 7) is 12.0. The lowest BCUT2D eigenvalue weighted by atomic mass is 9.82. The molecule has 0 unspecified atom stereocenters. The van der Waals surface area contributed by atoms with Gasteiger partial charge in [-0.2, -0.15) is 0 Å². The van der Waals surface area contributed by atoms with Crippen molar-refractivity contribution in [3.8, 4) is 23.0 Å². The van der Waals surface area contributed by atoms with Crippen LogP contribution in [0.2, 0.25) is 0 Å². The second-order valence-corrected chi connectivity index (χ2v) is 12.8. The Morgan fingerprint density at radius 2 is 1.13 bits per heavy atom. The van der Waals surface area contributed by atoms with Gasteiger partial charge in [0.1, 0.15) is 13.2 Å². The van der Waals surface area contributed by atoms with Crippen molar-refractivity contribution in [1.29, 1.82) is 0 Å². The molecule has 0 radical (unpaired) electrons. The normalized spacial score (nSPS) is 17.4. The Labute approximate surface area is 268 Å². The number of carbonyl (C=O) groups is 2. The molecule has 2 amide bonds. The Morgan fingerprint density at radius 1 is 0.696 bits per heavy atom. The monoisotopic (exact) mass is 644 g/mol. The molecule has 0 aliphatic carbocycles. The van der Waals surface area contributed by atoms with Gasteiger partial charge in [0.25, 0.3) is 11.4 Å². The van der Waals surface area contributed by atoms with Gasteiger partial charge in [0.2, 0.25) is 11.8 Å². The number of carbonyl (C=O) groups excluding carboxylic acids is 2. The minimum absolute atomic E-state index is 0.00974. The van der Waals surface area contributed by atoms with E-state index in [1.807, 2.05) is 13.8 Å². The van der Waals surface area contributed by atoms with Crippen molar-refractivity contribution >= 4 is 23.2 Å². The average Bonchev–Trinajstić information content (AvgIpc) is 2.99. The molecular weight excluding hydrogens is 600 g/mol. The molecule has 2 fully saturated rings. The topological polar surface area (TPSA) is 164 Å². The van der Waals surface area contributed by atoms with Crippen LogP contribution in [0.4, 0.5) is 11.4 Å². The molecule has 2 aliphatic heterocycles. The molecule has 2 aromatic carbocycles. The van der Waals surface area contributed by atoms with Gasteiger partial charge in [0, 0.05) is 31.5 Å². The number of imide groups is 1. The molecule has 14 heteroatoms. The van der Waals surface area contributed by atoms with Crippen LogP contribution < -0.4 is 18.9 Å². The van der Waals surface area contributed by atoms with Crippen molar-refractivity contribution in [2.75, 3.05) is 53.6 Å². The van der Waals surface area contributed by atoms with Gasteiger partial charge in [-0.15, -0.1) is 0 Å². The third-order valence-corrected chi connectivity index (χ3v) is 8.02. The number of methoxy groups -OCH3 is 2. The summed E-state index contributed by atoms with van der Waals surface area (Å²) in [5.41, 5.74) is -0.0109. The quantitative estimate of drug-likeness (QED) is 0.168.